The van der Waals surface area contributed by atoms with Crippen LogP contribution < -0.4 is 16.5 Å². The van der Waals surface area contributed by atoms with Gasteiger partial charge in [0, 0.05) is 18.8 Å². The minimum absolute atomic E-state index is 0.0566. The molecule has 1 aromatic rings. The van der Waals surface area contributed by atoms with Crippen LogP contribution in [0.3, 0.4) is 0 Å². The zero-order chi connectivity index (χ0) is 16.8. The molecule has 2 aliphatic rings. The Morgan fingerprint density at radius 2 is 2.22 bits per heavy atom. The van der Waals surface area contributed by atoms with Crippen LogP contribution in [0.15, 0.2) is 30.0 Å². The maximum atomic E-state index is 13.4. The number of halogens is 4. The molecule has 0 saturated carbocycles. The van der Waals surface area contributed by atoms with Crippen molar-refractivity contribution in [2.45, 2.75) is 18.0 Å². The fourth-order valence-corrected chi connectivity index (χ4v) is 3.03. The Kier molecular flexibility index (Phi) is 3.99. The molecular weight excluding hydrogens is 333 g/mol. The molecule has 1 saturated heterocycles. The van der Waals surface area contributed by atoms with E-state index in [1.807, 2.05) is 0 Å². The monoisotopic (exact) mass is 346 g/mol. The number of rotatable bonds is 3. The number of hydrogen-bond donors (Lipinski definition) is 3. The highest BCUT2D eigenvalue weighted by molar-refractivity contribution is 6.30. The number of nitrogens with one attached hydrogen (secondary N) is 2. The molecule has 23 heavy (non-hydrogen) atoms. The second-order valence-corrected chi connectivity index (χ2v) is 5.86. The van der Waals surface area contributed by atoms with Gasteiger partial charge in [-0.15, -0.1) is 0 Å². The van der Waals surface area contributed by atoms with E-state index in [4.69, 9.17) is 17.3 Å². The Morgan fingerprint density at radius 3 is 2.83 bits per heavy atom. The maximum Gasteiger partial charge on any atom is 0.261 e. The number of benzene rings is 1. The summed E-state index contributed by atoms with van der Waals surface area (Å²) < 4.78 is 39.8. The maximum absolute atomic E-state index is 13.4. The number of fused-ring (bicyclic) bond motifs is 1. The summed E-state index contributed by atoms with van der Waals surface area (Å²) in [6, 6.07) is 2.56. The second-order valence-electron chi connectivity index (χ2n) is 5.45. The first-order chi connectivity index (χ1) is 10.8. The molecule has 0 radical (unpaired) electrons. The zero-order valence-electron chi connectivity index (χ0n) is 11.8. The predicted molar refractivity (Wildman–Crippen MR) is 78.0 cm³/mol. The topological polar surface area (TPSA) is 70.4 Å². The van der Waals surface area contributed by atoms with Gasteiger partial charge in [-0.25, -0.2) is 18.6 Å². The van der Waals surface area contributed by atoms with Gasteiger partial charge < -0.3 is 11.1 Å². The zero-order valence-corrected chi connectivity index (χ0v) is 12.6. The van der Waals surface area contributed by atoms with Gasteiger partial charge in [0.1, 0.15) is 11.9 Å². The lowest BCUT2D eigenvalue weighted by Crippen LogP contribution is -2.61. The quantitative estimate of drug-likeness (QED) is 0.766. The normalized spacial score (nSPS) is 27.1. The molecule has 4 N–H and O–H groups in total. The fourth-order valence-electron chi connectivity index (χ4n) is 2.84. The van der Waals surface area contributed by atoms with Gasteiger partial charge in [-0.2, -0.15) is 0 Å². The van der Waals surface area contributed by atoms with E-state index in [-0.39, 0.29) is 17.1 Å². The summed E-state index contributed by atoms with van der Waals surface area (Å²) in [5.74, 6) is -1.44. The van der Waals surface area contributed by atoms with Crippen molar-refractivity contribution in [2.75, 3.05) is 13.1 Å². The molecule has 2 atom stereocenters. The Labute approximate surface area is 135 Å². The molecule has 1 aromatic carbocycles. The van der Waals surface area contributed by atoms with Crippen LogP contribution in [0.2, 0.25) is 5.02 Å². The minimum Gasteiger partial charge on any atom is -0.367 e. The number of primary amides is 1. The number of amides is 1. The van der Waals surface area contributed by atoms with Crippen molar-refractivity contribution in [2.24, 2.45) is 5.73 Å². The van der Waals surface area contributed by atoms with Crippen molar-refractivity contribution in [1.82, 2.24) is 15.8 Å². The molecule has 5 nitrogen and oxygen atoms in total. The van der Waals surface area contributed by atoms with Crippen LogP contribution in [0.25, 0.3) is 0 Å². The third-order valence-electron chi connectivity index (χ3n) is 4.04. The summed E-state index contributed by atoms with van der Waals surface area (Å²) >= 11 is 5.77. The number of hydrogen-bond acceptors (Lipinski definition) is 4. The van der Waals surface area contributed by atoms with E-state index in [9.17, 15) is 18.0 Å². The van der Waals surface area contributed by atoms with E-state index in [1.165, 1.54) is 23.2 Å². The molecule has 2 aliphatic heterocycles. The van der Waals surface area contributed by atoms with Crippen molar-refractivity contribution >= 4 is 17.5 Å². The highest BCUT2D eigenvalue weighted by atomic mass is 35.5. The van der Waals surface area contributed by atoms with Crippen LogP contribution >= 0.6 is 11.6 Å². The lowest BCUT2D eigenvalue weighted by Gasteiger charge is -2.38. The fraction of sp³-hybridized carbons (Fsp3) is 0.357. The number of nitrogens with zero attached hydrogens (tertiary/aromatic N) is 1. The molecule has 0 aromatic heterocycles. The molecule has 2 heterocycles. The summed E-state index contributed by atoms with van der Waals surface area (Å²) in [6.07, 6.45) is -1.15. The van der Waals surface area contributed by atoms with Crippen molar-refractivity contribution in [3.63, 3.8) is 0 Å². The second kappa shape index (κ2) is 5.70. The van der Waals surface area contributed by atoms with Crippen molar-refractivity contribution in [1.29, 1.82) is 0 Å². The molecular formula is C14H14ClF3N4O. The van der Waals surface area contributed by atoms with Crippen LogP contribution in [-0.2, 0) is 10.3 Å². The Balaban J connectivity index is 2.05. The number of carbonyl (C=O) groups excluding carboxylic acids is 1. The summed E-state index contributed by atoms with van der Waals surface area (Å²) in [5, 5.41) is 3.94. The summed E-state index contributed by atoms with van der Waals surface area (Å²) in [7, 11) is 0. The molecule has 124 valence electrons. The molecule has 1 amide bonds. The Morgan fingerprint density at radius 1 is 1.48 bits per heavy atom. The van der Waals surface area contributed by atoms with Gasteiger partial charge in [0.05, 0.1) is 5.02 Å². The van der Waals surface area contributed by atoms with Gasteiger partial charge in [-0.1, -0.05) is 17.7 Å². The molecule has 0 spiro atoms. The summed E-state index contributed by atoms with van der Waals surface area (Å²) in [5.41, 5.74) is 7.48. The number of nitrogens with two attached hydrogens (primary N) is 1. The molecule has 9 heteroatoms. The Hall–Kier alpha value is -1.77. The largest absolute Gasteiger partial charge is 0.367 e. The number of hydrazine groups is 1. The van der Waals surface area contributed by atoms with E-state index in [2.05, 4.69) is 10.7 Å². The third kappa shape index (κ3) is 2.56. The highest BCUT2D eigenvalue weighted by Crippen LogP contribution is 2.35. The van der Waals surface area contributed by atoms with Crippen LogP contribution in [0, 0.1) is 5.82 Å². The number of carbonyl (C=O) groups is 1. The van der Waals surface area contributed by atoms with Crippen LogP contribution in [-0.4, -0.2) is 36.5 Å². The number of piperazine rings is 1. The Bertz CT molecular complexity index is 684. The first-order valence-corrected chi connectivity index (χ1v) is 7.26. The highest BCUT2D eigenvalue weighted by Gasteiger charge is 2.48. The molecule has 0 aliphatic carbocycles. The van der Waals surface area contributed by atoms with E-state index in [0.29, 0.717) is 12.2 Å². The SMILES string of the molecule is NC(=O)C1(c2ccc(F)c(Cl)c2)C=C2CNCC(C(F)F)N2N1. The van der Waals surface area contributed by atoms with Crippen molar-refractivity contribution in [3.05, 3.63) is 46.4 Å². The van der Waals surface area contributed by atoms with E-state index in [0.717, 1.165) is 6.07 Å². The lowest BCUT2D eigenvalue weighted by molar-refractivity contribution is -0.125. The smallest absolute Gasteiger partial charge is 0.261 e. The summed E-state index contributed by atoms with van der Waals surface area (Å²) in [6.45, 7) is 0.362. The van der Waals surface area contributed by atoms with Gasteiger partial charge in [0.2, 0.25) is 5.91 Å². The van der Waals surface area contributed by atoms with Crippen LogP contribution in [0.5, 0.6) is 0 Å². The van der Waals surface area contributed by atoms with E-state index in [1.54, 1.807) is 0 Å². The van der Waals surface area contributed by atoms with Gasteiger partial charge in [-0.3, -0.25) is 9.80 Å². The van der Waals surface area contributed by atoms with E-state index < -0.39 is 29.7 Å². The molecule has 0 bridgehead atoms. The first kappa shape index (κ1) is 16.1. The first-order valence-electron chi connectivity index (χ1n) is 6.88. The average Bonchev–Trinajstić information content (AvgIpc) is 2.90. The molecule has 3 rings (SSSR count). The number of alkyl halides is 2. The standard InChI is InChI=1S/C14H14ClF3N4O/c15-9-3-7(1-2-10(9)16)14(13(19)23)4-8-5-20-6-11(12(17)18)22(8)21-14/h1-4,11-12,20-21H,5-6H2,(H2,19,23). The average molecular weight is 347 g/mol. The van der Waals surface area contributed by atoms with Crippen LogP contribution in [0.4, 0.5) is 13.2 Å². The van der Waals surface area contributed by atoms with Crippen molar-refractivity contribution in [3.8, 4) is 0 Å². The van der Waals surface area contributed by atoms with Crippen LogP contribution in [0.1, 0.15) is 5.56 Å². The summed E-state index contributed by atoms with van der Waals surface area (Å²) in [4.78, 5) is 12.1. The van der Waals surface area contributed by atoms with Crippen molar-refractivity contribution < 1.29 is 18.0 Å². The van der Waals surface area contributed by atoms with E-state index >= 15 is 0 Å². The third-order valence-corrected chi connectivity index (χ3v) is 4.32. The lowest BCUT2D eigenvalue weighted by atomic mass is 9.89. The molecule has 1 fully saturated rings. The van der Waals surface area contributed by atoms with Gasteiger partial charge in [0.25, 0.3) is 6.43 Å². The van der Waals surface area contributed by atoms with Gasteiger partial charge in [0.15, 0.2) is 5.54 Å². The molecule has 2 unspecified atom stereocenters. The predicted octanol–water partition coefficient (Wildman–Crippen LogP) is 1.10. The minimum atomic E-state index is -2.63. The van der Waals surface area contributed by atoms with Gasteiger partial charge in [-0.05, 0) is 23.8 Å². The van der Waals surface area contributed by atoms with Gasteiger partial charge >= 0.3 is 0 Å².